The molecule has 0 aliphatic heterocycles. The fourth-order valence-corrected chi connectivity index (χ4v) is 3.90. The Labute approximate surface area is 237 Å². The fraction of sp³-hybridized carbons (Fsp3) is 0.407. The number of alkyl carbamates (subject to hydrolysis) is 1. The third-order valence-electron chi connectivity index (χ3n) is 5.77. The second-order valence-corrected chi connectivity index (χ2v) is 9.55. The summed E-state index contributed by atoms with van der Waals surface area (Å²) in [7, 11) is 1.41. The van der Waals surface area contributed by atoms with Crippen LogP contribution < -0.4 is 15.8 Å². The van der Waals surface area contributed by atoms with Crippen LogP contribution in [0.25, 0.3) is 0 Å². The van der Waals surface area contributed by atoms with Crippen LogP contribution in [0, 0.1) is 0 Å². The number of benzene rings is 2. The van der Waals surface area contributed by atoms with Gasteiger partial charge in [0, 0.05) is 13.5 Å². The summed E-state index contributed by atoms with van der Waals surface area (Å²) in [5, 5.41) is 7.42. The molecule has 0 saturated heterocycles. The lowest BCUT2D eigenvalue weighted by atomic mass is 10.0. The summed E-state index contributed by atoms with van der Waals surface area (Å²) in [4.78, 5) is 29.4. The molecule has 3 aromatic rings. The number of nitrogens with two attached hydrogens (primary N) is 1. The molecule has 0 spiro atoms. The molecule has 3 rings (SSSR count). The van der Waals surface area contributed by atoms with Crippen LogP contribution in [0.2, 0.25) is 10.0 Å². The molecule has 12 heteroatoms. The Hall–Kier alpha value is -3.18. The zero-order chi connectivity index (χ0) is 28.2. The standard InChI is InChI=1S/C27H32Cl2N4O6/c1-17(36-2)38-27(35)31-23(5-3-4-13-30)25(34)26-32-24(39-33-26)16-18-6-9-20(10-7-18)37-14-12-19-8-11-21(28)22(29)15-19/h6-11,15,17,23H,3-5,12-14,16,30H2,1-2H3,(H,31,35). The third kappa shape index (κ3) is 9.81. The number of hydrogen-bond acceptors (Lipinski definition) is 9. The van der Waals surface area contributed by atoms with Gasteiger partial charge in [0.2, 0.25) is 23.8 Å². The summed E-state index contributed by atoms with van der Waals surface area (Å²) >= 11 is 12.0. The lowest BCUT2D eigenvalue weighted by molar-refractivity contribution is -0.0680. The number of aromatic nitrogens is 2. The van der Waals surface area contributed by atoms with Gasteiger partial charge in [0.1, 0.15) is 5.75 Å². The van der Waals surface area contributed by atoms with E-state index >= 15 is 0 Å². The van der Waals surface area contributed by atoms with Crippen LogP contribution in [-0.4, -0.2) is 54.6 Å². The average molecular weight is 579 g/mol. The smallest absolute Gasteiger partial charge is 0.410 e. The molecule has 10 nitrogen and oxygen atoms in total. The van der Waals surface area contributed by atoms with Gasteiger partial charge in [-0.1, -0.05) is 46.6 Å². The summed E-state index contributed by atoms with van der Waals surface area (Å²) in [5.41, 5.74) is 7.48. The number of ether oxygens (including phenoxy) is 3. The predicted molar refractivity (Wildman–Crippen MR) is 146 cm³/mol. The summed E-state index contributed by atoms with van der Waals surface area (Å²) in [5.74, 6) is 0.379. The maximum Gasteiger partial charge on any atom is 0.410 e. The number of carbonyl (C=O) groups excluding carboxylic acids is 2. The van der Waals surface area contributed by atoms with Crippen molar-refractivity contribution in [3.8, 4) is 5.75 Å². The Kier molecular flexibility index (Phi) is 12.0. The number of rotatable bonds is 15. The van der Waals surface area contributed by atoms with Crippen LogP contribution in [0.1, 0.15) is 53.8 Å². The average Bonchev–Trinajstić information content (AvgIpc) is 3.39. The number of methoxy groups -OCH3 is 1. The number of nitrogens with one attached hydrogen (secondary N) is 1. The molecule has 2 aromatic carbocycles. The van der Waals surface area contributed by atoms with Crippen molar-refractivity contribution in [1.29, 1.82) is 0 Å². The summed E-state index contributed by atoms with van der Waals surface area (Å²) < 4.78 is 21.1. The molecule has 1 aromatic heterocycles. The van der Waals surface area contributed by atoms with E-state index in [1.165, 1.54) is 7.11 Å². The molecule has 2 unspecified atom stereocenters. The van der Waals surface area contributed by atoms with Crippen molar-refractivity contribution in [2.24, 2.45) is 5.73 Å². The molecule has 0 saturated carbocycles. The molecule has 3 N–H and O–H groups in total. The topological polar surface area (TPSA) is 139 Å². The van der Waals surface area contributed by atoms with Crippen molar-refractivity contribution in [3.05, 3.63) is 75.4 Å². The van der Waals surface area contributed by atoms with Crippen molar-refractivity contribution < 1.29 is 28.3 Å². The van der Waals surface area contributed by atoms with E-state index in [1.807, 2.05) is 36.4 Å². The minimum absolute atomic E-state index is 0.120. The van der Waals surface area contributed by atoms with Crippen molar-refractivity contribution in [2.45, 2.75) is 51.4 Å². The highest BCUT2D eigenvalue weighted by molar-refractivity contribution is 6.42. The van der Waals surface area contributed by atoms with Crippen molar-refractivity contribution >= 4 is 35.1 Å². The normalized spacial score (nSPS) is 12.5. The van der Waals surface area contributed by atoms with Crippen LogP contribution in [-0.2, 0) is 22.3 Å². The van der Waals surface area contributed by atoms with Crippen LogP contribution >= 0.6 is 23.2 Å². The highest BCUT2D eigenvalue weighted by Crippen LogP contribution is 2.23. The van der Waals surface area contributed by atoms with Gasteiger partial charge in [-0.2, -0.15) is 4.98 Å². The van der Waals surface area contributed by atoms with Crippen LogP contribution in [0.3, 0.4) is 0 Å². The molecule has 0 aliphatic rings. The Morgan fingerprint density at radius 1 is 1.08 bits per heavy atom. The molecule has 39 heavy (non-hydrogen) atoms. The van der Waals surface area contributed by atoms with Crippen LogP contribution in [0.4, 0.5) is 4.79 Å². The number of Topliss-reactive ketones (excluding diaryl/α,β-unsaturated/α-hetero) is 1. The fourth-order valence-electron chi connectivity index (χ4n) is 3.58. The van der Waals surface area contributed by atoms with Gasteiger partial charge in [0.25, 0.3) is 0 Å². The first-order valence-electron chi connectivity index (χ1n) is 12.5. The Balaban J connectivity index is 1.55. The second kappa shape index (κ2) is 15.4. The monoisotopic (exact) mass is 578 g/mol. The van der Waals surface area contributed by atoms with Crippen LogP contribution in [0.5, 0.6) is 5.75 Å². The zero-order valence-electron chi connectivity index (χ0n) is 21.8. The largest absolute Gasteiger partial charge is 0.493 e. The number of hydrogen-bond donors (Lipinski definition) is 2. The maximum absolute atomic E-state index is 13.0. The lowest BCUT2D eigenvalue weighted by Crippen LogP contribution is -2.42. The van der Waals surface area contributed by atoms with Gasteiger partial charge in [0.05, 0.1) is 29.1 Å². The molecule has 0 fully saturated rings. The van der Waals surface area contributed by atoms with E-state index in [0.717, 1.165) is 11.1 Å². The molecule has 0 radical (unpaired) electrons. The predicted octanol–water partition coefficient (Wildman–Crippen LogP) is 4.99. The minimum Gasteiger partial charge on any atom is -0.493 e. The molecule has 1 amide bonds. The van der Waals surface area contributed by atoms with E-state index in [0.29, 0.717) is 61.1 Å². The number of amides is 1. The van der Waals surface area contributed by atoms with Gasteiger partial charge >= 0.3 is 6.09 Å². The van der Waals surface area contributed by atoms with Gasteiger partial charge in [-0.15, -0.1) is 0 Å². The van der Waals surface area contributed by atoms with E-state index < -0.39 is 24.2 Å². The molecular weight excluding hydrogens is 547 g/mol. The van der Waals surface area contributed by atoms with Crippen molar-refractivity contribution in [1.82, 2.24) is 15.5 Å². The van der Waals surface area contributed by atoms with Crippen molar-refractivity contribution in [2.75, 3.05) is 20.3 Å². The Bertz CT molecular complexity index is 1220. The zero-order valence-corrected chi connectivity index (χ0v) is 23.3. The minimum atomic E-state index is -0.890. The SMILES string of the molecule is COC(C)OC(=O)NC(CCCCN)C(=O)c1noc(Cc2ccc(OCCc3ccc(Cl)c(Cl)c3)cc2)n1. The highest BCUT2D eigenvalue weighted by Gasteiger charge is 2.27. The first kappa shape index (κ1) is 30.4. The first-order chi connectivity index (χ1) is 18.8. The maximum atomic E-state index is 13.0. The molecule has 1 heterocycles. The van der Waals surface area contributed by atoms with E-state index in [4.69, 9.17) is 47.7 Å². The summed E-state index contributed by atoms with van der Waals surface area (Å²) in [6.07, 6.45) is 1.13. The molecule has 0 aliphatic carbocycles. The third-order valence-corrected chi connectivity index (χ3v) is 6.51. The van der Waals surface area contributed by atoms with E-state index in [1.54, 1.807) is 13.0 Å². The molecule has 210 valence electrons. The Morgan fingerprint density at radius 2 is 1.82 bits per heavy atom. The number of ketones is 1. The highest BCUT2D eigenvalue weighted by atomic mass is 35.5. The molecule has 0 bridgehead atoms. The van der Waals surface area contributed by atoms with Gasteiger partial charge < -0.3 is 29.8 Å². The van der Waals surface area contributed by atoms with E-state index in [9.17, 15) is 9.59 Å². The molecule has 2 atom stereocenters. The van der Waals surface area contributed by atoms with Crippen LogP contribution in [0.15, 0.2) is 47.0 Å². The van der Waals surface area contributed by atoms with Gasteiger partial charge in [-0.05, 0) is 68.1 Å². The number of carbonyl (C=O) groups is 2. The second-order valence-electron chi connectivity index (χ2n) is 8.73. The van der Waals surface area contributed by atoms with Crippen molar-refractivity contribution in [3.63, 3.8) is 0 Å². The van der Waals surface area contributed by atoms with Gasteiger partial charge in [-0.25, -0.2) is 4.79 Å². The quantitative estimate of drug-likeness (QED) is 0.145. The Morgan fingerprint density at radius 3 is 2.51 bits per heavy atom. The number of nitrogens with zero attached hydrogens (tertiary/aromatic N) is 2. The first-order valence-corrected chi connectivity index (χ1v) is 13.3. The van der Waals surface area contributed by atoms with Gasteiger partial charge in [0.15, 0.2) is 0 Å². The summed E-state index contributed by atoms with van der Waals surface area (Å²) in [6.45, 7) is 2.51. The number of halogens is 2. The van der Waals surface area contributed by atoms with E-state index in [-0.39, 0.29) is 11.7 Å². The van der Waals surface area contributed by atoms with Gasteiger partial charge in [-0.3, -0.25) is 4.79 Å². The molecular formula is C27H32Cl2N4O6. The lowest BCUT2D eigenvalue weighted by Gasteiger charge is -2.17. The van der Waals surface area contributed by atoms with E-state index in [2.05, 4.69) is 15.5 Å². The summed E-state index contributed by atoms with van der Waals surface area (Å²) in [6, 6.07) is 12.1. The number of unbranched alkanes of at least 4 members (excludes halogenated alkanes) is 1.